The third-order valence-corrected chi connectivity index (χ3v) is 3.81. The van der Waals surface area contributed by atoms with Gasteiger partial charge in [-0.15, -0.1) is 0 Å². The van der Waals surface area contributed by atoms with E-state index in [1.54, 1.807) is 12.1 Å². The predicted octanol–water partition coefficient (Wildman–Crippen LogP) is 4.00. The fourth-order valence-electron chi connectivity index (χ4n) is 2.43. The van der Waals surface area contributed by atoms with Gasteiger partial charge in [0.15, 0.2) is 0 Å². The lowest BCUT2D eigenvalue weighted by molar-refractivity contribution is 0.573. The highest BCUT2D eigenvalue weighted by molar-refractivity contribution is 6.31. The first-order valence-corrected chi connectivity index (χ1v) is 7.39. The van der Waals surface area contributed by atoms with Crippen LogP contribution in [0.3, 0.4) is 0 Å². The molecule has 0 atom stereocenters. The molecule has 110 valence electrons. The number of hydrogen-bond donors (Lipinski definition) is 1. The fourth-order valence-corrected chi connectivity index (χ4v) is 2.61. The molecule has 2 heterocycles. The molecule has 0 spiro atoms. The van der Waals surface area contributed by atoms with E-state index in [-0.39, 0.29) is 5.02 Å². The lowest BCUT2D eigenvalue weighted by Crippen LogP contribution is -2.30. The smallest absolute Gasteiger partial charge is 0.141 e. The maximum atomic E-state index is 13.2. The summed E-state index contributed by atoms with van der Waals surface area (Å²) in [5.41, 5.74) is 0.699. The van der Waals surface area contributed by atoms with Crippen molar-refractivity contribution in [2.45, 2.75) is 19.3 Å². The van der Waals surface area contributed by atoms with Gasteiger partial charge in [-0.2, -0.15) is 0 Å². The summed E-state index contributed by atoms with van der Waals surface area (Å²) < 4.78 is 13.2. The van der Waals surface area contributed by atoms with Gasteiger partial charge in [0.05, 0.1) is 5.02 Å². The average molecular weight is 307 g/mol. The van der Waals surface area contributed by atoms with E-state index in [1.165, 1.54) is 31.7 Å². The van der Waals surface area contributed by atoms with Crippen molar-refractivity contribution in [1.29, 1.82) is 0 Å². The van der Waals surface area contributed by atoms with Crippen molar-refractivity contribution in [1.82, 2.24) is 9.97 Å². The Morgan fingerprint density at radius 1 is 1.10 bits per heavy atom. The molecule has 3 rings (SSSR count). The summed E-state index contributed by atoms with van der Waals surface area (Å²) in [6.07, 6.45) is 5.21. The highest BCUT2D eigenvalue weighted by atomic mass is 35.5. The summed E-state index contributed by atoms with van der Waals surface area (Å²) in [4.78, 5) is 10.8. The predicted molar refractivity (Wildman–Crippen MR) is 82.8 cm³/mol. The van der Waals surface area contributed by atoms with E-state index in [1.807, 2.05) is 6.07 Å². The molecular weight excluding hydrogens is 291 g/mol. The molecule has 0 bridgehead atoms. The number of hydrogen-bond acceptors (Lipinski definition) is 4. The first kappa shape index (κ1) is 14.1. The van der Waals surface area contributed by atoms with Crippen molar-refractivity contribution in [3.63, 3.8) is 0 Å². The maximum Gasteiger partial charge on any atom is 0.141 e. The van der Waals surface area contributed by atoms with E-state index in [0.29, 0.717) is 11.5 Å². The first-order chi connectivity index (χ1) is 10.2. The molecule has 0 saturated carbocycles. The summed E-state index contributed by atoms with van der Waals surface area (Å²) in [6.45, 7) is 2.05. The Morgan fingerprint density at radius 2 is 1.90 bits per heavy atom. The Kier molecular flexibility index (Phi) is 4.20. The van der Waals surface area contributed by atoms with Crippen LogP contribution in [0.25, 0.3) is 0 Å². The Morgan fingerprint density at radius 3 is 2.67 bits per heavy atom. The summed E-state index contributed by atoms with van der Waals surface area (Å²) in [5.74, 6) is 1.16. The van der Waals surface area contributed by atoms with Crippen LogP contribution in [0.4, 0.5) is 21.7 Å². The highest BCUT2D eigenvalue weighted by Gasteiger charge is 2.12. The van der Waals surface area contributed by atoms with E-state index in [0.717, 1.165) is 18.9 Å². The Labute approximate surface area is 128 Å². The van der Waals surface area contributed by atoms with E-state index >= 15 is 0 Å². The van der Waals surface area contributed by atoms with Gasteiger partial charge in [-0.1, -0.05) is 11.6 Å². The fraction of sp³-hybridized carbons (Fsp3) is 0.333. The number of benzene rings is 1. The van der Waals surface area contributed by atoms with Gasteiger partial charge in [0.2, 0.25) is 0 Å². The molecule has 1 aliphatic heterocycles. The van der Waals surface area contributed by atoms with Crippen molar-refractivity contribution >= 4 is 28.9 Å². The molecule has 1 aromatic heterocycles. The minimum atomic E-state index is -0.432. The highest BCUT2D eigenvalue weighted by Crippen LogP contribution is 2.24. The number of piperidine rings is 1. The second kappa shape index (κ2) is 6.26. The van der Waals surface area contributed by atoms with Crippen LogP contribution in [0.2, 0.25) is 5.02 Å². The van der Waals surface area contributed by atoms with Crippen molar-refractivity contribution in [3.05, 3.63) is 41.4 Å². The number of rotatable bonds is 3. The average Bonchev–Trinajstić information content (AvgIpc) is 2.52. The second-order valence-electron chi connectivity index (χ2n) is 5.06. The third kappa shape index (κ3) is 3.42. The molecule has 1 aliphatic rings. The molecule has 0 radical (unpaired) electrons. The van der Waals surface area contributed by atoms with E-state index < -0.39 is 5.82 Å². The minimum absolute atomic E-state index is 0.0883. The van der Waals surface area contributed by atoms with Gasteiger partial charge in [0.25, 0.3) is 0 Å². The van der Waals surface area contributed by atoms with Crippen molar-refractivity contribution < 1.29 is 4.39 Å². The van der Waals surface area contributed by atoms with Crippen molar-refractivity contribution in [2.75, 3.05) is 23.3 Å². The van der Waals surface area contributed by atoms with Gasteiger partial charge in [-0.05, 0) is 37.5 Å². The van der Waals surface area contributed by atoms with Crippen LogP contribution in [-0.2, 0) is 0 Å². The zero-order valence-electron chi connectivity index (χ0n) is 11.5. The lowest BCUT2D eigenvalue weighted by atomic mass is 10.1. The Hall–Kier alpha value is -1.88. The molecule has 0 amide bonds. The van der Waals surface area contributed by atoms with Gasteiger partial charge in [-0.25, -0.2) is 14.4 Å². The van der Waals surface area contributed by atoms with Gasteiger partial charge < -0.3 is 10.2 Å². The van der Waals surface area contributed by atoms with E-state index in [2.05, 4.69) is 20.2 Å². The molecule has 0 unspecified atom stereocenters. The monoisotopic (exact) mass is 306 g/mol. The van der Waals surface area contributed by atoms with Crippen LogP contribution in [-0.4, -0.2) is 23.1 Å². The number of halogens is 2. The zero-order valence-corrected chi connectivity index (χ0v) is 12.3. The quantitative estimate of drug-likeness (QED) is 0.930. The number of nitrogens with zero attached hydrogens (tertiary/aromatic N) is 3. The third-order valence-electron chi connectivity index (χ3n) is 3.52. The molecule has 0 aliphatic carbocycles. The lowest BCUT2D eigenvalue weighted by Gasteiger charge is -2.27. The van der Waals surface area contributed by atoms with Gasteiger partial charge in [-0.3, -0.25) is 0 Å². The largest absolute Gasteiger partial charge is 0.356 e. The molecule has 1 aromatic carbocycles. The minimum Gasteiger partial charge on any atom is -0.356 e. The molecule has 1 saturated heterocycles. The van der Waals surface area contributed by atoms with Crippen LogP contribution in [0.15, 0.2) is 30.6 Å². The molecule has 1 N–H and O–H groups in total. The SMILES string of the molecule is Fc1ccc(Nc2cc(N3CCCCC3)ncn2)cc1Cl. The topological polar surface area (TPSA) is 41.0 Å². The van der Waals surface area contributed by atoms with Crippen LogP contribution in [0.1, 0.15) is 19.3 Å². The summed E-state index contributed by atoms with van der Waals surface area (Å²) >= 11 is 5.78. The second-order valence-corrected chi connectivity index (χ2v) is 5.47. The molecule has 4 nitrogen and oxygen atoms in total. The molecule has 1 fully saturated rings. The van der Waals surface area contributed by atoms with E-state index in [9.17, 15) is 4.39 Å². The standard InChI is InChI=1S/C15H16ClFN4/c16-12-8-11(4-5-13(12)17)20-14-9-15(19-10-18-14)21-6-2-1-3-7-21/h4-5,8-10H,1-3,6-7H2,(H,18,19,20). The summed E-state index contributed by atoms with van der Waals surface area (Å²) in [5, 5.41) is 3.21. The van der Waals surface area contributed by atoms with Crippen LogP contribution in [0.5, 0.6) is 0 Å². The van der Waals surface area contributed by atoms with Gasteiger partial charge >= 0.3 is 0 Å². The van der Waals surface area contributed by atoms with Gasteiger partial charge in [0.1, 0.15) is 23.8 Å². The first-order valence-electron chi connectivity index (χ1n) is 7.01. The van der Waals surface area contributed by atoms with Crippen LogP contribution in [0, 0.1) is 5.82 Å². The maximum absolute atomic E-state index is 13.2. The molecule has 2 aromatic rings. The zero-order chi connectivity index (χ0) is 14.7. The molecule has 21 heavy (non-hydrogen) atoms. The van der Waals surface area contributed by atoms with Crippen molar-refractivity contribution in [2.24, 2.45) is 0 Å². The van der Waals surface area contributed by atoms with E-state index in [4.69, 9.17) is 11.6 Å². The Balaban J connectivity index is 1.77. The number of aromatic nitrogens is 2. The Bertz CT molecular complexity index is 629. The van der Waals surface area contributed by atoms with Gasteiger partial charge in [0, 0.05) is 24.8 Å². The summed E-state index contributed by atoms with van der Waals surface area (Å²) in [7, 11) is 0. The number of nitrogens with one attached hydrogen (secondary N) is 1. The molecule has 6 heteroatoms. The molecular formula is C15H16ClFN4. The number of anilines is 3. The van der Waals surface area contributed by atoms with Crippen LogP contribution < -0.4 is 10.2 Å². The normalized spacial score (nSPS) is 15.0. The van der Waals surface area contributed by atoms with Crippen LogP contribution >= 0.6 is 11.6 Å². The summed E-state index contributed by atoms with van der Waals surface area (Å²) in [6, 6.07) is 6.41. The van der Waals surface area contributed by atoms with Crippen molar-refractivity contribution in [3.8, 4) is 0 Å².